The molecule has 29 heavy (non-hydrogen) atoms. The molecule has 0 heterocycles. The molecule has 0 aliphatic rings. The molecule has 3 aromatic rings. The summed E-state index contributed by atoms with van der Waals surface area (Å²) in [7, 11) is 0. The highest BCUT2D eigenvalue weighted by Gasteiger charge is 2.19. The van der Waals surface area contributed by atoms with Gasteiger partial charge in [-0.2, -0.15) is 0 Å². The Morgan fingerprint density at radius 3 is 2.10 bits per heavy atom. The molecule has 0 aromatic heterocycles. The zero-order chi connectivity index (χ0) is 20.6. The predicted octanol–water partition coefficient (Wildman–Crippen LogP) is 5.23. The number of esters is 1. The zero-order valence-electron chi connectivity index (χ0n) is 16.4. The average Bonchev–Trinajstić information content (AvgIpc) is 2.75. The van der Waals surface area contributed by atoms with E-state index in [1.807, 2.05) is 54.6 Å². The van der Waals surface area contributed by atoms with Crippen LogP contribution >= 0.6 is 0 Å². The third-order valence-electron chi connectivity index (χ3n) is 4.35. The van der Waals surface area contributed by atoms with Crippen molar-refractivity contribution in [2.45, 2.75) is 26.4 Å². The lowest BCUT2D eigenvalue weighted by molar-refractivity contribution is -0.123. The molecule has 3 aromatic carbocycles. The van der Waals surface area contributed by atoms with E-state index < -0.39 is 12.1 Å². The average molecular weight is 389 g/mol. The van der Waals surface area contributed by atoms with Crippen molar-refractivity contribution in [2.75, 3.05) is 5.32 Å². The van der Waals surface area contributed by atoms with Crippen LogP contribution in [0, 0.1) is 0 Å². The van der Waals surface area contributed by atoms with E-state index in [-0.39, 0.29) is 5.91 Å². The highest BCUT2D eigenvalue weighted by atomic mass is 16.5. The Morgan fingerprint density at radius 1 is 0.862 bits per heavy atom. The molecule has 3 rings (SSSR count). The van der Waals surface area contributed by atoms with Crippen molar-refractivity contribution in [3.05, 3.63) is 90.0 Å². The van der Waals surface area contributed by atoms with Crippen LogP contribution in [0.5, 0.6) is 11.5 Å². The SMILES string of the molecule is CCc1ccc(NC(=O)C(C)OC(=O)c2ccc(Oc3ccccc3)cc2)cc1. The van der Waals surface area contributed by atoms with E-state index in [4.69, 9.17) is 9.47 Å². The number of amides is 1. The fourth-order valence-corrected chi connectivity index (χ4v) is 2.63. The van der Waals surface area contributed by atoms with Gasteiger partial charge in [-0.15, -0.1) is 0 Å². The lowest BCUT2D eigenvalue weighted by Gasteiger charge is -2.14. The predicted molar refractivity (Wildman–Crippen MR) is 112 cm³/mol. The molecule has 5 nitrogen and oxygen atoms in total. The Kier molecular flexibility index (Phi) is 6.63. The standard InChI is InChI=1S/C24H23NO4/c1-3-18-9-13-20(14-10-18)25-23(26)17(2)28-24(27)19-11-15-22(16-12-19)29-21-7-5-4-6-8-21/h4-17H,3H2,1-2H3,(H,25,26). The van der Waals surface area contributed by atoms with E-state index in [0.717, 1.165) is 6.42 Å². The smallest absolute Gasteiger partial charge is 0.338 e. The van der Waals surface area contributed by atoms with Gasteiger partial charge in [-0.05, 0) is 67.4 Å². The number of nitrogens with one attached hydrogen (secondary N) is 1. The number of aryl methyl sites for hydroxylation is 1. The first-order valence-corrected chi connectivity index (χ1v) is 9.49. The zero-order valence-corrected chi connectivity index (χ0v) is 16.4. The lowest BCUT2D eigenvalue weighted by Crippen LogP contribution is -2.30. The molecule has 0 fully saturated rings. The second kappa shape index (κ2) is 9.55. The summed E-state index contributed by atoms with van der Waals surface area (Å²) in [4.78, 5) is 24.6. The second-order valence-electron chi connectivity index (χ2n) is 6.53. The molecule has 5 heteroatoms. The minimum atomic E-state index is -0.923. The molecular weight excluding hydrogens is 366 g/mol. The lowest BCUT2D eigenvalue weighted by atomic mass is 10.1. The van der Waals surface area contributed by atoms with Crippen molar-refractivity contribution in [3.8, 4) is 11.5 Å². The van der Waals surface area contributed by atoms with Crippen LogP contribution in [-0.4, -0.2) is 18.0 Å². The molecule has 0 saturated heterocycles. The summed E-state index contributed by atoms with van der Waals surface area (Å²) in [6.45, 7) is 3.61. The maximum Gasteiger partial charge on any atom is 0.338 e. The quantitative estimate of drug-likeness (QED) is 0.562. The van der Waals surface area contributed by atoms with Crippen LogP contribution in [0.2, 0.25) is 0 Å². The van der Waals surface area contributed by atoms with Gasteiger partial charge in [0.05, 0.1) is 5.56 Å². The summed E-state index contributed by atoms with van der Waals surface area (Å²) in [6.07, 6.45) is 0.00540. The van der Waals surface area contributed by atoms with Crippen molar-refractivity contribution in [1.82, 2.24) is 0 Å². The number of hydrogen-bond acceptors (Lipinski definition) is 4. The van der Waals surface area contributed by atoms with Crippen molar-refractivity contribution >= 4 is 17.6 Å². The van der Waals surface area contributed by atoms with Gasteiger partial charge in [0.1, 0.15) is 11.5 Å². The molecule has 0 bridgehead atoms. The Morgan fingerprint density at radius 2 is 1.48 bits per heavy atom. The summed E-state index contributed by atoms with van der Waals surface area (Å²) in [5.74, 6) is 0.362. The van der Waals surface area contributed by atoms with Crippen molar-refractivity contribution < 1.29 is 19.1 Å². The highest BCUT2D eigenvalue weighted by molar-refractivity contribution is 5.97. The number of carbonyl (C=O) groups excluding carboxylic acids is 2. The first-order valence-electron chi connectivity index (χ1n) is 9.49. The molecule has 0 aliphatic carbocycles. The van der Waals surface area contributed by atoms with Crippen LogP contribution in [0.4, 0.5) is 5.69 Å². The van der Waals surface area contributed by atoms with Crippen molar-refractivity contribution in [2.24, 2.45) is 0 Å². The number of hydrogen-bond donors (Lipinski definition) is 1. The summed E-state index contributed by atoms with van der Waals surface area (Å²) in [5, 5.41) is 2.75. The molecule has 0 spiro atoms. The Bertz CT molecular complexity index is 950. The summed E-state index contributed by atoms with van der Waals surface area (Å²) in [6, 6.07) is 23.5. The van der Waals surface area contributed by atoms with Crippen LogP contribution in [0.15, 0.2) is 78.9 Å². The van der Waals surface area contributed by atoms with E-state index in [0.29, 0.717) is 22.7 Å². The minimum Gasteiger partial charge on any atom is -0.457 e. The Hall–Kier alpha value is -3.60. The summed E-state index contributed by atoms with van der Waals surface area (Å²) >= 11 is 0. The molecule has 148 valence electrons. The Labute approximate surface area is 170 Å². The van der Waals surface area contributed by atoms with E-state index in [1.165, 1.54) is 5.56 Å². The van der Waals surface area contributed by atoms with E-state index in [1.54, 1.807) is 31.2 Å². The molecule has 1 N–H and O–H groups in total. The van der Waals surface area contributed by atoms with Gasteiger partial charge in [0, 0.05) is 5.69 Å². The second-order valence-corrected chi connectivity index (χ2v) is 6.53. The van der Waals surface area contributed by atoms with E-state index in [9.17, 15) is 9.59 Å². The highest BCUT2D eigenvalue weighted by Crippen LogP contribution is 2.21. The number of para-hydroxylation sites is 1. The van der Waals surface area contributed by atoms with E-state index in [2.05, 4.69) is 12.2 Å². The van der Waals surface area contributed by atoms with Gasteiger partial charge >= 0.3 is 5.97 Å². The molecule has 0 aliphatic heterocycles. The van der Waals surface area contributed by atoms with Gasteiger partial charge in [-0.1, -0.05) is 37.3 Å². The normalized spacial score (nSPS) is 11.4. The Balaban J connectivity index is 1.54. The first-order chi connectivity index (χ1) is 14.0. The third kappa shape index (κ3) is 5.69. The van der Waals surface area contributed by atoms with Gasteiger partial charge in [-0.25, -0.2) is 4.79 Å². The third-order valence-corrected chi connectivity index (χ3v) is 4.35. The maximum absolute atomic E-state index is 12.3. The van der Waals surface area contributed by atoms with Gasteiger partial charge in [0.15, 0.2) is 6.10 Å². The van der Waals surface area contributed by atoms with Gasteiger partial charge < -0.3 is 14.8 Å². The number of anilines is 1. The number of rotatable bonds is 7. The minimum absolute atomic E-state index is 0.345. The summed E-state index contributed by atoms with van der Waals surface area (Å²) < 4.78 is 11.0. The van der Waals surface area contributed by atoms with E-state index >= 15 is 0 Å². The van der Waals surface area contributed by atoms with Crippen LogP contribution < -0.4 is 10.1 Å². The topological polar surface area (TPSA) is 64.6 Å². The van der Waals surface area contributed by atoms with Crippen LogP contribution in [-0.2, 0) is 16.0 Å². The van der Waals surface area contributed by atoms with Crippen molar-refractivity contribution in [3.63, 3.8) is 0 Å². The maximum atomic E-state index is 12.3. The fourth-order valence-electron chi connectivity index (χ4n) is 2.63. The number of carbonyl (C=O) groups is 2. The molecule has 1 atom stereocenters. The van der Waals surface area contributed by atoms with Gasteiger partial charge in [0.25, 0.3) is 5.91 Å². The first kappa shape index (κ1) is 20.1. The molecule has 0 radical (unpaired) electrons. The fraction of sp³-hybridized carbons (Fsp3) is 0.167. The largest absolute Gasteiger partial charge is 0.457 e. The monoisotopic (exact) mass is 389 g/mol. The molecule has 1 unspecified atom stereocenters. The van der Waals surface area contributed by atoms with Crippen molar-refractivity contribution in [1.29, 1.82) is 0 Å². The molecule has 1 amide bonds. The molecular formula is C24H23NO4. The van der Waals surface area contributed by atoms with Gasteiger partial charge in [0.2, 0.25) is 0 Å². The van der Waals surface area contributed by atoms with Crippen LogP contribution in [0.1, 0.15) is 29.8 Å². The number of benzene rings is 3. The van der Waals surface area contributed by atoms with Crippen LogP contribution in [0.25, 0.3) is 0 Å². The number of ether oxygens (including phenoxy) is 2. The van der Waals surface area contributed by atoms with Crippen LogP contribution in [0.3, 0.4) is 0 Å². The summed E-state index contributed by atoms with van der Waals surface area (Å²) in [5.41, 5.74) is 2.19. The molecule has 0 saturated carbocycles. The van der Waals surface area contributed by atoms with Gasteiger partial charge in [-0.3, -0.25) is 4.79 Å².